The first-order valence-electron chi connectivity index (χ1n) is 8.26. The zero-order valence-electron chi connectivity index (χ0n) is 14.1. The number of pyridine rings is 1. The number of fused-ring (bicyclic) bond motifs is 1. The Labute approximate surface area is 144 Å². The fourth-order valence-electron chi connectivity index (χ4n) is 3.21. The van der Waals surface area contributed by atoms with Gasteiger partial charge in [-0.1, -0.05) is 31.2 Å². The molecule has 0 spiro atoms. The van der Waals surface area contributed by atoms with Crippen molar-refractivity contribution in [2.45, 2.75) is 33.4 Å². The van der Waals surface area contributed by atoms with Gasteiger partial charge in [0.1, 0.15) is 5.82 Å². The summed E-state index contributed by atoms with van der Waals surface area (Å²) in [6.45, 7) is 4.09. The van der Waals surface area contributed by atoms with E-state index in [2.05, 4.69) is 0 Å². The van der Waals surface area contributed by atoms with E-state index in [1.807, 2.05) is 13.8 Å². The molecule has 25 heavy (non-hydrogen) atoms. The molecule has 0 radical (unpaired) electrons. The van der Waals surface area contributed by atoms with Gasteiger partial charge in [0.05, 0.1) is 23.1 Å². The fourth-order valence-corrected chi connectivity index (χ4v) is 3.21. The van der Waals surface area contributed by atoms with Gasteiger partial charge in [-0.15, -0.1) is 0 Å². The van der Waals surface area contributed by atoms with Crippen molar-refractivity contribution in [3.8, 4) is 11.1 Å². The van der Waals surface area contributed by atoms with E-state index in [-0.39, 0.29) is 28.5 Å². The van der Waals surface area contributed by atoms with Crippen molar-refractivity contribution >= 4 is 10.9 Å². The molecule has 0 aliphatic carbocycles. The van der Waals surface area contributed by atoms with Gasteiger partial charge in [-0.3, -0.25) is 4.79 Å². The van der Waals surface area contributed by atoms with Gasteiger partial charge in [0, 0.05) is 18.3 Å². The van der Waals surface area contributed by atoms with Crippen LogP contribution < -0.4 is 5.43 Å². The van der Waals surface area contributed by atoms with Crippen molar-refractivity contribution < 1.29 is 13.9 Å². The van der Waals surface area contributed by atoms with Gasteiger partial charge in [-0.05, 0) is 30.5 Å². The lowest BCUT2D eigenvalue weighted by atomic mass is 10.00. The smallest absolute Gasteiger partial charge is 0.189 e. The molecule has 0 unspecified atom stereocenters. The summed E-state index contributed by atoms with van der Waals surface area (Å²) in [4.78, 5) is 12.3. The molecule has 0 saturated carbocycles. The van der Waals surface area contributed by atoms with Crippen LogP contribution >= 0.6 is 0 Å². The van der Waals surface area contributed by atoms with Crippen LogP contribution in [0, 0.1) is 11.6 Å². The average molecular weight is 343 g/mol. The lowest BCUT2D eigenvalue weighted by Gasteiger charge is -2.17. The summed E-state index contributed by atoms with van der Waals surface area (Å²) in [7, 11) is 0. The maximum Gasteiger partial charge on any atom is 0.189 e. The number of hydrogen-bond donors (Lipinski definition) is 1. The van der Waals surface area contributed by atoms with Crippen LogP contribution in [-0.4, -0.2) is 9.67 Å². The Hall–Kier alpha value is -2.53. The number of nitrogens with zero attached hydrogens (tertiary/aromatic N) is 1. The molecule has 0 fully saturated rings. The summed E-state index contributed by atoms with van der Waals surface area (Å²) < 4.78 is 31.6. The Kier molecular flexibility index (Phi) is 4.68. The van der Waals surface area contributed by atoms with E-state index in [9.17, 15) is 9.18 Å². The van der Waals surface area contributed by atoms with Gasteiger partial charge < -0.3 is 9.67 Å². The first-order valence-corrected chi connectivity index (χ1v) is 8.26. The van der Waals surface area contributed by atoms with Crippen molar-refractivity contribution in [3.05, 3.63) is 69.5 Å². The highest BCUT2D eigenvalue weighted by atomic mass is 19.1. The second kappa shape index (κ2) is 6.76. The number of benzene rings is 2. The molecule has 0 bridgehead atoms. The largest absolute Gasteiger partial charge is 0.392 e. The highest BCUT2D eigenvalue weighted by Gasteiger charge is 2.20. The fraction of sp³-hybridized carbons (Fsp3) is 0.250. The van der Waals surface area contributed by atoms with E-state index in [1.54, 1.807) is 28.8 Å². The Balaban J connectivity index is 2.39. The first-order chi connectivity index (χ1) is 12.0. The molecule has 3 nitrogen and oxygen atoms in total. The number of rotatable bonds is 4. The minimum Gasteiger partial charge on any atom is -0.392 e. The van der Waals surface area contributed by atoms with Crippen LogP contribution in [0.25, 0.3) is 22.0 Å². The van der Waals surface area contributed by atoms with E-state index < -0.39 is 11.6 Å². The third kappa shape index (κ3) is 2.85. The summed E-state index contributed by atoms with van der Waals surface area (Å²) in [5.41, 5.74) is 1.33. The van der Waals surface area contributed by atoms with Crippen molar-refractivity contribution in [1.29, 1.82) is 0 Å². The van der Waals surface area contributed by atoms with Crippen LogP contribution in [0.15, 0.2) is 41.2 Å². The van der Waals surface area contributed by atoms with Gasteiger partial charge in [0.25, 0.3) is 0 Å². The number of halogens is 2. The molecule has 0 amide bonds. The van der Waals surface area contributed by atoms with Gasteiger partial charge >= 0.3 is 0 Å². The Bertz CT molecular complexity index is 991. The standard InChI is InChI=1S/C20H19F2NO2/c1-3-14-9-17(25)15-10-16(21)18(19(22)20(15)23(14)4-2)13-7-5-12(11-24)6-8-13/h5-10,24H,3-4,11H2,1-2H3. The van der Waals surface area contributed by atoms with Crippen LogP contribution in [0.3, 0.4) is 0 Å². The molecule has 0 aliphatic heterocycles. The summed E-state index contributed by atoms with van der Waals surface area (Å²) in [5.74, 6) is -1.51. The van der Waals surface area contributed by atoms with Gasteiger partial charge in [-0.25, -0.2) is 8.78 Å². The normalized spacial score (nSPS) is 11.2. The topological polar surface area (TPSA) is 42.2 Å². The summed E-state index contributed by atoms with van der Waals surface area (Å²) in [6, 6.07) is 8.93. The third-order valence-electron chi connectivity index (χ3n) is 4.48. The molecule has 1 heterocycles. The van der Waals surface area contributed by atoms with Crippen LogP contribution in [0.1, 0.15) is 25.1 Å². The molecule has 3 rings (SSSR count). The molecule has 3 aromatic rings. The van der Waals surface area contributed by atoms with Gasteiger partial charge in [-0.2, -0.15) is 0 Å². The molecule has 1 aromatic heterocycles. The molecular weight excluding hydrogens is 324 g/mol. The zero-order valence-corrected chi connectivity index (χ0v) is 14.1. The number of aryl methyl sites for hydroxylation is 2. The number of hydrogen-bond acceptors (Lipinski definition) is 2. The minimum atomic E-state index is -0.772. The van der Waals surface area contributed by atoms with Crippen LogP contribution in [0.5, 0.6) is 0 Å². The van der Waals surface area contributed by atoms with E-state index in [4.69, 9.17) is 5.11 Å². The minimum absolute atomic E-state index is 0.0461. The molecule has 1 N–H and O–H groups in total. The van der Waals surface area contributed by atoms with E-state index >= 15 is 4.39 Å². The highest BCUT2D eigenvalue weighted by molar-refractivity contribution is 5.86. The molecule has 0 saturated heterocycles. The maximum absolute atomic E-state index is 15.3. The number of aliphatic hydroxyl groups excluding tert-OH is 1. The molecule has 0 aliphatic rings. The van der Waals surface area contributed by atoms with E-state index in [1.165, 1.54) is 6.07 Å². The van der Waals surface area contributed by atoms with Crippen LogP contribution in [-0.2, 0) is 19.6 Å². The van der Waals surface area contributed by atoms with Crippen molar-refractivity contribution in [2.75, 3.05) is 0 Å². The molecule has 130 valence electrons. The Morgan fingerprint density at radius 3 is 2.32 bits per heavy atom. The first kappa shape index (κ1) is 17.3. The molecule has 2 aromatic carbocycles. The molecule has 5 heteroatoms. The zero-order chi connectivity index (χ0) is 18.1. The predicted octanol–water partition coefficient (Wildman–Crippen LogP) is 4.02. The second-order valence-corrected chi connectivity index (χ2v) is 5.90. The Morgan fingerprint density at radius 2 is 1.76 bits per heavy atom. The monoisotopic (exact) mass is 343 g/mol. The molecule has 0 atom stereocenters. The van der Waals surface area contributed by atoms with E-state index in [0.717, 1.165) is 6.07 Å². The van der Waals surface area contributed by atoms with Gasteiger partial charge in [0.15, 0.2) is 11.2 Å². The second-order valence-electron chi connectivity index (χ2n) is 5.90. The summed E-state index contributed by atoms with van der Waals surface area (Å²) in [6.07, 6.45) is 0.580. The van der Waals surface area contributed by atoms with Crippen molar-refractivity contribution in [2.24, 2.45) is 0 Å². The predicted molar refractivity (Wildman–Crippen MR) is 94.5 cm³/mol. The quantitative estimate of drug-likeness (QED) is 0.777. The number of aromatic nitrogens is 1. The van der Waals surface area contributed by atoms with Gasteiger partial charge in [0.2, 0.25) is 0 Å². The lowest BCUT2D eigenvalue weighted by Crippen LogP contribution is -2.15. The Morgan fingerprint density at radius 1 is 1.08 bits per heavy atom. The summed E-state index contributed by atoms with van der Waals surface area (Å²) in [5, 5.41) is 9.17. The summed E-state index contributed by atoms with van der Waals surface area (Å²) >= 11 is 0. The molecular formula is C20H19F2NO2. The maximum atomic E-state index is 15.3. The van der Waals surface area contributed by atoms with Crippen molar-refractivity contribution in [3.63, 3.8) is 0 Å². The van der Waals surface area contributed by atoms with E-state index in [0.29, 0.717) is 29.8 Å². The van der Waals surface area contributed by atoms with Crippen molar-refractivity contribution in [1.82, 2.24) is 4.57 Å². The highest BCUT2D eigenvalue weighted by Crippen LogP contribution is 2.31. The van der Waals surface area contributed by atoms with Crippen LogP contribution in [0.4, 0.5) is 8.78 Å². The van der Waals surface area contributed by atoms with Crippen LogP contribution in [0.2, 0.25) is 0 Å². The average Bonchev–Trinajstić information content (AvgIpc) is 2.62. The SMILES string of the molecule is CCc1cc(=O)c2cc(F)c(-c3ccc(CO)cc3)c(F)c2n1CC. The number of aliphatic hydroxyl groups is 1. The third-order valence-corrected chi connectivity index (χ3v) is 4.48. The lowest BCUT2D eigenvalue weighted by molar-refractivity contribution is 0.282.